The van der Waals surface area contributed by atoms with Crippen molar-refractivity contribution in [2.24, 2.45) is 0 Å². The van der Waals surface area contributed by atoms with Gasteiger partial charge in [0, 0.05) is 33.4 Å². The Morgan fingerprint density at radius 1 is 0.676 bits per heavy atom. The number of aryl methyl sites for hydroxylation is 2. The van der Waals surface area contributed by atoms with Gasteiger partial charge in [-0.25, -0.2) is 0 Å². The fourth-order valence-corrected chi connectivity index (χ4v) is 5.09. The van der Waals surface area contributed by atoms with Gasteiger partial charge in [-0.1, -0.05) is 49.6 Å². The van der Waals surface area contributed by atoms with Crippen LogP contribution in [0.25, 0.3) is 51.4 Å². The maximum absolute atomic E-state index is 4.11. The first-order valence-electron chi connectivity index (χ1n) is 11.7. The van der Waals surface area contributed by atoms with Gasteiger partial charge in [0.15, 0.2) is 0 Å². The summed E-state index contributed by atoms with van der Waals surface area (Å²) in [5.41, 5.74) is 11.9. The molecule has 2 heterocycles. The van der Waals surface area contributed by atoms with E-state index in [9.17, 15) is 0 Å². The van der Waals surface area contributed by atoms with Gasteiger partial charge in [0.25, 0.3) is 0 Å². The molecular formula is C32H30N2. The molecule has 0 saturated carbocycles. The molecule has 0 fully saturated rings. The van der Waals surface area contributed by atoms with E-state index in [1.807, 2.05) is 12.2 Å². The van der Waals surface area contributed by atoms with Crippen molar-refractivity contribution >= 4 is 40.0 Å². The van der Waals surface area contributed by atoms with E-state index in [4.69, 9.17) is 0 Å². The zero-order valence-corrected chi connectivity index (χ0v) is 20.4. The van der Waals surface area contributed by atoms with Crippen LogP contribution in [-0.2, 0) is 0 Å². The molecule has 168 valence electrons. The molecule has 3 aromatic carbocycles. The number of nitrogens with zero attached hydrogens (tertiary/aromatic N) is 2. The lowest BCUT2D eigenvalue weighted by Gasteiger charge is -2.13. The Kier molecular flexibility index (Phi) is 5.37. The molecular weight excluding hydrogens is 412 g/mol. The van der Waals surface area contributed by atoms with Crippen LogP contribution in [0.3, 0.4) is 0 Å². The van der Waals surface area contributed by atoms with Gasteiger partial charge in [-0.15, -0.1) is 0 Å². The van der Waals surface area contributed by atoms with E-state index < -0.39 is 0 Å². The normalized spacial score (nSPS) is 11.6. The van der Waals surface area contributed by atoms with Crippen molar-refractivity contribution < 1.29 is 0 Å². The summed E-state index contributed by atoms with van der Waals surface area (Å²) < 4.78 is 4.67. The number of fused-ring (bicyclic) bond motifs is 3. The Balaban J connectivity index is 1.85. The molecule has 0 unspecified atom stereocenters. The molecule has 2 heteroatoms. The van der Waals surface area contributed by atoms with Crippen molar-refractivity contribution in [3.05, 3.63) is 114 Å². The second-order valence-electron chi connectivity index (χ2n) is 8.88. The lowest BCUT2D eigenvalue weighted by Crippen LogP contribution is -2.00. The van der Waals surface area contributed by atoms with Gasteiger partial charge in [-0.2, -0.15) is 0 Å². The zero-order chi connectivity index (χ0) is 24.0. The second kappa shape index (κ2) is 8.39. The van der Waals surface area contributed by atoms with Gasteiger partial charge in [-0.3, -0.25) is 0 Å². The number of benzene rings is 3. The summed E-state index contributed by atoms with van der Waals surface area (Å²) in [7, 11) is 0. The average Bonchev–Trinajstić information content (AvgIpc) is 3.32. The molecule has 0 bridgehead atoms. The number of hydrogen-bond acceptors (Lipinski definition) is 0. The summed E-state index contributed by atoms with van der Waals surface area (Å²) >= 11 is 0. The van der Waals surface area contributed by atoms with Crippen molar-refractivity contribution in [3.63, 3.8) is 0 Å². The van der Waals surface area contributed by atoms with Crippen LogP contribution < -0.4 is 0 Å². The van der Waals surface area contributed by atoms with Crippen LogP contribution in [0.1, 0.15) is 40.6 Å². The quantitative estimate of drug-likeness (QED) is 0.257. The predicted molar refractivity (Wildman–Crippen MR) is 149 cm³/mol. The number of hydrogen-bond donors (Lipinski definition) is 0. The minimum Gasteiger partial charge on any atom is -0.310 e. The minimum absolute atomic E-state index is 1.07. The van der Waals surface area contributed by atoms with Gasteiger partial charge >= 0.3 is 0 Å². The van der Waals surface area contributed by atoms with E-state index in [1.165, 1.54) is 44.2 Å². The van der Waals surface area contributed by atoms with Crippen molar-refractivity contribution in [1.82, 2.24) is 9.13 Å². The van der Waals surface area contributed by atoms with Gasteiger partial charge < -0.3 is 9.13 Å². The lowest BCUT2D eigenvalue weighted by molar-refractivity contribution is 1.04. The van der Waals surface area contributed by atoms with E-state index in [-0.39, 0.29) is 0 Å². The molecule has 0 aliphatic heterocycles. The highest BCUT2D eigenvalue weighted by atomic mass is 15.0. The maximum Gasteiger partial charge on any atom is 0.0542 e. The maximum atomic E-state index is 4.11. The van der Waals surface area contributed by atoms with E-state index in [0.717, 1.165) is 22.6 Å². The summed E-state index contributed by atoms with van der Waals surface area (Å²) in [5.74, 6) is 0. The number of rotatable bonds is 5. The van der Waals surface area contributed by atoms with Crippen molar-refractivity contribution in [2.45, 2.75) is 27.7 Å². The Bertz CT molecular complexity index is 1620. The molecule has 0 aliphatic carbocycles. The third kappa shape index (κ3) is 3.18. The molecule has 0 N–H and O–H groups in total. The van der Waals surface area contributed by atoms with Crippen LogP contribution in [-0.4, -0.2) is 9.13 Å². The summed E-state index contributed by atoms with van der Waals surface area (Å²) in [6.45, 7) is 16.7. The van der Waals surface area contributed by atoms with Crippen molar-refractivity contribution in [2.75, 3.05) is 0 Å². The van der Waals surface area contributed by atoms with Gasteiger partial charge in [0.2, 0.25) is 0 Å². The average molecular weight is 443 g/mol. The second-order valence-corrected chi connectivity index (χ2v) is 8.88. The zero-order valence-electron chi connectivity index (χ0n) is 20.4. The predicted octanol–water partition coefficient (Wildman–Crippen LogP) is 8.82. The number of para-hydroxylation sites is 1. The molecule has 0 aliphatic rings. The van der Waals surface area contributed by atoms with Crippen LogP contribution in [0.2, 0.25) is 0 Å². The smallest absolute Gasteiger partial charge is 0.0542 e. The topological polar surface area (TPSA) is 9.86 Å². The third-order valence-corrected chi connectivity index (χ3v) is 6.93. The Labute approximate surface area is 201 Å². The van der Waals surface area contributed by atoms with Gasteiger partial charge in [0.1, 0.15) is 0 Å². The first-order chi connectivity index (χ1) is 16.5. The Morgan fingerprint density at radius 3 is 2.09 bits per heavy atom. The summed E-state index contributed by atoms with van der Waals surface area (Å²) in [4.78, 5) is 0. The highest BCUT2D eigenvalue weighted by Gasteiger charge is 2.18. The number of aromatic nitrogens is 2. The first-order valence-corrected chi connectivity index (χ1v) is 11.7. The molecule has 5 rings (SSSR count). The highest BCUT2D eigenvalue weighted by Crippen LogP contribution is 2.36. The molecule has 0 radical (unpaired) electrons. The molecule has 2 aromatic heterocycles. The van der Waals surface area contributed by atoms with Crippen LogP contribution in [0.5, 0.6) is 0 Å². The molecule has 2 nitrogen and oxygen atoms in total. The lowest BCUT2D eigenvalue weighted by atomic mass is 10.1. The van der Waals surface area contributed by atoms with Crippen LogP contribution in [0.15, 0.2) is 79.9 Å². The van der Waals surface area contributed by atoms with E-state index in [2.05, 4.69) is 123 Å². The molecule has 0 atom stereocenters. The van der Waals surface area contributed by atoms with Crippen LogP contribution in [0, 0.1) is 20.8 Å². The Hall–Kier alpha value is -4.04. The van der Waals surface area contributed by atoms with Crippen LogP contribution >= 0.6 is 0 Å². The highest BCUT2D eigenvalue weighted by molar-refractivity contribution is 6.10. The molecule has 0 saturated heterocycles. The SMILES string of the molecule is C=Cc1c(C)c(/C=C\C)n(-c2ccc3c(c2)c2ccccc2n3-c2ccc(C)c(C)c2)c1C=C. The fraction of sp³-hybridized carbons (Fsp3) is 0.125. The van der Waals surface area contributed by atoms with E-state index in [0.29, 0.717) is 0 Å². The molecule has 0 amide bonds. The molecule has 0 spiro atoms. The summed E-state index contributed by atoms with van der Waals surface area (Å²) in [6, 6.07) is 22.1. The molecule has 34 heavy (non-hydrogen) atoms. The van der Waals surface area contributed by atoms with Gasteiger partial charge in [0.05, 0.1) is 16.7 Å². The van der Waals surface area contributed by atoms with Crippen LogP contribution in [0.4, 0.5) is 0 Å². The van der Waals surface area contributed by atoms with Crippen molar-refractivity contribution in [3.8, 4) is 11.4 Å². The van der Waals surface area contributed by atoms with Crippen molar-refractivity contribution in [1.29, 1.82) is 0 Å². The van der Waals surface area contributed by atoms with Gasteiger partial charge in [-0.05, 0) is 92.9 Å². The molecule has 5 aromatic rings. The number of allylic oxidation sites excluding steroid dienone is 1. The van der Waals surface area contributed by atoms with E-state index in [1.54, 1.807) is 0 Å². The summed E-state index contributed by atoms with van der Waals surface area (Å²) in [5, 5.41) is 2.48. The fourth-order valence-electron chi connectivity index (χ4n) is 5.09. The monoisotopic (exact) mass is 442 g/mol. The summed E-state index contributed by atoms with van der Waals surface area (Å²) in [6.07, 6.45) is 8.11. The Morgan fingerprint density at radius 2 is 1.38 bits per heavy atom. The third-order valence-electron chi connectivity index (χ3n) is 6.93. The standard InChI is InChI=1S/C32H30N2/c1-7-12-30-23(6)26(8-2)29(9-3)33(30)25-17-18-32-28(20-25)27-13-10-11-14-31(27)34(32)24-16-15-21(4)22(5)19-24/h7-20H,2-3H2,1,4-6H3/b12-7-. The van der Waals surface area contributed by atoms with E-state index >= 15 is 0 Å². The largest absolute Gasteiger partial charge is 0.310 e. The minimum atomic E-state index is 1.07. The first kappa shape index (κ1) is 21.8.